The van der Waals surface area contributed by atoms with Crippen molar-refractivity contribution in [1.29, 1.82) is 0 Å². The van der Waals surface area contributed by atoms with E-state index >= 15 is 0 Å². The standard InChI is InChI=1S/C7H10O2/c8-5-3-6-1-2-7(4-5)9-6/h1-2,5-8H,3-4H2. The summed E-state index contributed by atoms with van der Waals surface area (Å²) in [6, 6.07) is 0. The van der Waals surface area contributed by atoms with Crippen LogP contribution in [0.15, 0.2) is 12.2 Å². The molecule has 1 saturated heterocycles. The minimum atomic E-state index is -0.135. The van der Waals surface area contributed by atoms with Gasteiger partial charge in [0.05, 0.1) is 18.3 Å². The molecule has 9 heavy (non-hydrogen) atoms. The Balaban J connectivity index is 2.10. The van der Waals surface area contributed by atoms with Crippen LogP contribution in [0.5, 0.6) is 0 Å². The van der Waals surface area contributed by atoms with Crippen LogP contribution in [0, 0.1) is 0 Å². The fraction of sp³-hybridized carbons (Fsp3) is 0.714. The first-order valence-electron chi connectivity index (χ1n) is 3.36. The Morgan fingerprint density at radius 1 is 1.22 bits per heavy atom. The van der Waals surface area contributed by atoms with Gasteiger partial charge in [-0.1, -0.05) is 12.2 Å². The number of fused-ring (bicyclic) bond motifs is 2. The number of hydrogen-bond acceptors (Lipinski definition) is 2. The predicted octanol–water partition coefficient (Wildman–Crippen LogP) is 0.465. The van der Waals surface area contributed by atoms with E-state index in [1.807, 2.05) is 12.2 Å². The molecule has 1 N–H and O–H groups in total. The van der Waals surface area contributed by atoms with Gasteiger partial charge >= 0.3 is 0 Å². The van der Waals surface area contributed by atoms with Crippen LogP contribution in [0.3, 0.4) is 0 Å². The van der Waals surface area contributed by atoms with Crippen LogP contribution in [0.1, 0.15) is 12.8 Å². The summed E-state index contributed by atoms with van der Waals surface area (Å²) in [5.41, 5.74) is 0. The van der Waals surface area contributed by atoms with E-state index in [0.29, 0.717) is 0 Å². The summed E-state index contributed by atoms with van der Waals surface area (Å²) in [6.45, 7) is 0. The average Bonchev–Trinajstić information content (AvgIpc) is 2.11. The van der Waals surface area contributed by atoms with E-state index in [0.717, 1.165) is 12.8 Å². The van der Waals surface area contributed by atoms with Crippen molar-refractivity contribution in [2.45, 2.75) is 31.2 Å². The van der Waals surface area contributed by atoms with Crippen LogP contribution in [-0.4, -0.2) is 23.4 Å². The Bertz CT molecular complexity index is 128. The van der Waals surface area contributed by atoms with E-state index in [1.165, 1.54) is 0 Å². The van der Waals surface area contributed by atoms with E-state index in [2.05, 4.69) is 0 Å². The summed E-state index contributed by atoms with van der Waals surface area (Å²) in [5, 5.41) is 9.17. The molecule has 0 aromatic rings. The van der Waals surface area contributed by atoms with Gasteiger partial charge in [-0.15, -0.1) is 0 Å². The lowest BCUT2D eigenvalue weighted by atomic mass is 10.1. The van der Waals surface area contributed by atoms with Crippen molar-refractivity contribution in [2.24, 2.45) is 0 Å². The maximum atomic E-state index is 9.17. The SMILES string of the molecule is OC1CC2C=CC(C1)O2. The first-order valence-corrected chi connectivity index (χ1v) is 3.36. The van der Waals surface area contributed by atoms with E-state index < -0.39 is 0 Å². The lowest BCUT2D eigenvalue weighted by Gasteiger charge is -2.24. The molecule has 2 heterocycles. The molecule has 1 fully saturated rings. The van der Waals surface area contributed by atoms with Crippen molar-refractivity contribution in [3.63, 3.8) is 0 Å². The molecule has 2 nitrogen and oxygen atoms in total. The fourth-order valence-electron chi connectivity index (χ4n) is 1.46. The summed E-state index contributed by atoms with van der Waals surface area (Å²) < 4.78 is 5.40. The van der Waals surface area contributed by atoms with Crippen LogP contribution >= 0.6 is 0 Å². The Morgan fingerprint density at radius 2 is 1.78 bits per heavy atom. The van der Waals surface area contributed by atoms with Crippen molar-refractivity contribution < 1.29 is 9.84 Å². The van der Waals surface area contributed by atoms with Crippen LogP contribution in [-0.2, 0) is 4.74 Å². The molecule has 0 aromatic carbocycles. The molecule has 0 amide bonds. The van der Waals surface area contributed by atoms with Crippen molar-refractivity contribution in [3.05, 3.63) is 12.2 Å². The third-order valence-corrected chi connectivity index (χ3v) is 1.90. The Morgan fingerprint density at radius 3 is 2.33 bits per heavy atom. The zero-order chi connectivity index (χ0) is 6.27. The molecule has 2 aliphatic heterocycles. The second kappa shape index (κ2) is 1.82. The Labute approximate surface area is 54.1 Å². The third-order valence-electron chi connectivity index (χ3n) is 1.90. The molecule has 0 radical (unpaired) electrons. The van der Waals surface area contributed by atoms with Gasteiger partial charge in [0.2, 0.25) is 0 Å². The molecule has 2 heteroatoms. The van der Waals surface area contributed by atoms with E-state index in [-0.39, 0.29) is 18.3 Å². The largest absolute Gasteiger partial charge is 0.393 e. The highest BCUT2D eigenvalue weighted by Crippen LogP contribution is 2.26. The molecule has 2 unspecified atom stereocenters. The summed E-state index contributed by atoms with van der Waals surface area (Å²) in [6.07, 6.45) is 5.93. The second-order valence-corrected chi connectivity index (χ2v) is 2.72. The summed E-state index contributed by atoms with van der Waals surface area (Å²) in [7, 11) is 0. The third kappa shape index (κ3) is 0.884. The van der Waals surface area contributed by atoms with Crippen LogP contribution in [0.2, 0.25) is 0 Å². The summed E-state index contributed by atoms with van der Waals surface area (Å²) in [5.74, 6) is 0. The zero-order valence-electron chi connectivity index (χ0n) is 5.16. The zero-order valence-corrected chi connectivity index (χ0v) is 5.16. The maximum Gasteiger partial charge on any atom is 0.0789 e. The lowest BCUT2D eigenvalue weighted by Crippen LogP contribution is -2.28. The molecule has 2 atom stereocenters. The molecule has 0 spiro atoms. The number of rotatable bonds is 0. The van der Waals surface area contributed by atoms with Crippen molar-refractivity contribution >= 4 is 0 Å². The Kier molecular flexibility index (Phi) is 1.10. The van der Waals surface area contributed by atoms with Gasteiger partial charge in [-0.25, -0.2) is 0 Å². The molecule has 2 bridgehead atoms. The Hall–Kier alpha value is -0.340. The van der Waals surface area contributed by atoms with Gasteiger partial charge in [-0.05, 0) is 0 Å². The van der Waals surface area contributed by atoms with E-state index in [1.54, 1.807) is 0 Å². The van der Waals surface area contributed by atoms with Gasteiger partial charge < -0.3 is 9.84 Å². The lowest BCUT2D eigenvalue weighted by molar-refractivity contribution is -0.0408. The smallest absolute Gasteiger partial charge is 0.0789 e. The number of aliphatic hydroxyl groups excluding tert-OH is 1. The topological polar surface area (TPSA) is 29.5 Å². The summed E-state index contributed by atoms with van der Waals surface area (Å²) in [4.78, 5) is 0. The number of hydrogen-bond donors (Lipinski definition) is 1. The van der Waals surface area contributed by atoms with Gasteiger partial charge in [-0.3, -0.25) is 0 Å². The van der Waals surface area contributed by atoms with Crippen LogP contribution in [0.25, 0.3) is 0 Å². The van der Waals surface area contributed by atoms with E-state index in [9.17, 15) is 5.11 Å². The first kappa shape index (κ1) is 5.45. The molecular formula is C7H10O2. The molecule has 0 aromatic heterocycles. The van der Waals surface area contributed by atoms with Crippen molar-refractivity contribution in [1.82, 2.24) is 0 Å². The van der Waals surface area contributed by atoms with Crippen LogP contribution in [0.4, 0.5) is 0 Å². The van der Waals surface area contributed by atoms with Gasteiger partial charge in [0.1, 0.15) is 0 Å². The van der Waals surface area contributed by atoms with Crippen molar-refractivity contribution in [2.75, 3.05) is 0 Å². The predicted molar refractivity (Wildman–Crippen MR) is 33.0 cm³/mol. The minimum Gasteiger partial charge on any atom is -0.393 e. The fourth-order valence-corrected chi connectivity index (χ4v) is 1.46. The van der Waals surface area contributed by atoms with E-state index in [4.69, 9.17) is 4.74 Å². The molecule has 0 saturated carbocycles. The minimum absolute atomic E-state index is 0.135. The van der Waals surface area contributed by atoms with Gasteiger partial charge in [0.15, 0.2) is 0 Å². The average molecular weight is 126 g/mol. The number of ether oxygens (including phenoxy) is 1. The number of aliphatic hydroxyl groups is 1. The molecule has 2 aliphatic rings. The molecule has 0 aliphatic carbocycles. The maximum absolute atomic E-state index is 9.17. The van der Waals surface area contributed by atoms with Crippen LogP contribution < -0.4 is 0 Å². The quantitative estimate of drug-likeness (QED) is 0.478. The second-order valence-electron chi connectivity index (χ2n) is 2.72. The van der Waals surface area contributed by atoms with Gasteiger partial charge in [0, 0.05) is 12.8 Å². The molecule has 50 valence electrons. The van der Waals surface area contributed by atoms with Crippen molar-refractivity contribution in [3.8, 4) is 0 Å². The van der Waals surface area contributed by atoms with Gasteiger partial charge in [-0.2, -0.15) is 0 Å². The normalized spacial score (nSPS) is 47.9. The highest BCUT2D eigenvalue weighted by Gasteiger charge is 2.29. The summed E-state index contributed by atoms with van der Waals surface area (Å²) >= 11 is 0. The highest BCUT2D eigenvalue weighted by molar-refractivity contribution is 5.06. The first-order chi connectivity index (χ1) is 4.34. The highest BCUT2D eigenvalue weighted by atomic mass is 16.5. The monoisotopic (exact) mass is 126 g/mol. The molecule has 2 rings (SSSR count). The molecular weight excluding hydrogens is 116 g/mol. The van der Waals surface area contributed by atoms with Gasteiger partial charge in [0.25, 0.3) is 0 Å².